The van der Waals surface area contributed by atoms with Crippen molar-refractivity contribution in [2.75, 3.05) is 6.61 Å². The third kappa shape index (κ3) is 9.58. The largest absolute Gasteiger partial charge is 0.493 e. The zero-order valence-electron chi connectivity index (χ0n) is 20.9. The minimum absolute atomic E-state index is 0.159. The van der Waals surface area contributed by atoms with Crippen LogP contribution in [-0.2, 0) is 4.79 Å². The number of benzene rings is 2. The first-order valence-corrected chi connectivity index (χ1v) is 12.9. The fraction of sp³-hybridized carbons (Fsp3) is 0.552. The van der Waals surface area contributed by atoms with Crippen LogP contribution in [-0.4, -0.2) is 23.9 Å². The molecule has 2 aromatic rings. The van der Waals surface area contributed by atoms with E-state index in [1.165, 1.54) is 25.7 Å². The van der Waals surface area contributed by atoms with Crippen molar-refractivity contribution >= 4 is 5.97 Å². The third-order valence-electron chi connectivity index (χ3n) is 6.45. The molecule has 0 radical (unpaired) electrons. The summed E-state index contributed by atoms with van der Waals surface area (Å²) in [7, 11) is 0. The predicted molar refractivity (Wildman–Crippen MR) is 135 cm³/mol. The average molecular weight is 493 g/mol. The molecule has 0 fully saturated rings. The van der Waals surface area contributed by atoms with Crippen LogP contribution in [0.3, 0.4) is 0 Å². The minimum Gasteiger partial charge on any atom is -0.493 e. The van der Waals surface area contributed by atoms with Crippen LogP contribution in [0.15, 0.2) is 48.5 Å². The summed E-state index contributed by atoms with van der Waals surface area (Å²) < 4.78 is 45.8. The van der Waals surface area contributed by atoms with Gasteiger partial charge in [-0.25, -0.2) is 0 Å². The van der Waals surface area contributed by atoms with Crippen molar-refractivity contribution in [2.24, 2.45) is 5.92 Å². The molecule has 194 valence electrons. The Bertz CT molecular complexity index is 880. The molecule has 0 spiro atoms. The topological polar surface area (TPSA) is 46.5 Å². The number of hydrogen-bond donors (Lipinski definition) is 1. The van der Waals surface area contributed by atoms with Gasteiger partial charge in [-0.05, 0) is 48.8 Å². The van der Waals surface area contributed by atoms with Gasteiger partial charge in [0.15, 0.2) is 5.92 Å². The maximum atomic E-state index is 13.2. The molecule has 2 atom stereocenters. The Morgan fingerprint density at radius 1 is 0.886 bits per heavy atom. The fourth-order valence-electron chi connectivity index (χ4n) is 4.45. The Morgan fingerprint density at radius 3 is 2.20 bits per heavy atom. The van der Waals surface area contributed by atoms with E-state index in [4.69, 9.17) is 9.84 Å². The van der Waals surface area contributed by atoms with Crippen molar-refractivity contribution in [3.63, 3.8) is 0 Å². The lowest BCUT2D eigenvalue weighted by molar-refractivity contribution is -0.195. The number of hydrogen-bond acceptors (Lipinski definition) is 2. The second-order valence-electron chi connectivity index (χ2n) is 9.23. The Kier molecular flexibility index (Phi) is 12.1. The Hall–Kier alpha value is -2.50. The second-order valence-corrected chi connectivity index (χ2v) is 9.23. The Labute approximate surface area is 207 Å². The molecule has 2 unspecified atom stereocenters. The van der Waals surface area contributed by atoms with E-state index in [2.05, 4.69) is 6.92 Å². The molecule has 35 heavy (non-hydrogen) atoms. The number of halogens is 3. The molecular formula is C29H39F3O3. The molecule has 0 saturated carbocycles. The van der Waals surface area contributed by atoms with Crippen LogP contribution in [0.4, 0.5) is 13.2 Å². The van der Waals surface area contributed by atoms with Crippen LogP contribution >= 0.6 is 0 Å². The molecule has 0 bridgehead atoms. The van der Waals surface area contributed by atoms with Gasteiger partial charge in [0.05, 0.1) is 6.61 Å². The zero-order chi connectivity index (χ0) is 25.7. The number of alkyl halides is 3. The first kappa shape index (κ1) is 28.7. The molecule has 0 aliphatic heterocycles. The Balaban J connectivity index is 2.20. The lowest BCUT2D eigenvalue weighted by Gasteiger charge is -2.22. The maximum Gasteiger partial charge on any atom is 0.402 e. The molecule has 0 aliphatic rings. The van der Waals surface area contributed by atoms with E-state index >= 15 is 0 Å². The van der Waals surface area contributed by atoms with Gasteiger partial charge in [0.25, 0.3) is 0 Å². The molecule has 0 amide bonds. The van der Waals surface area contributed by atoms with Gasteiger partial charge >= 0.3 is 12.1 Å². The quantitative estimate of drug-likeness (QED) is 0.238. The smallest absolute Gasteiger partial charge is 0.402 e. The highest BCUT2D eigenvalue weighted by atomic mass is 19.4. The van der Waals surface area contributed by atoms with E-state index in [9.17, 15) is 18.0 Å². The van der Waals surface area contributed by atoms with Gasteiger partial charge in [0.1, 0.15) is 5.75 Å². The van der Waals surface area contributed by atoms with E-state index in [1.807, 2.05) is 55.5 Å². The highest BCUT2D eigenvalue weighted by molar-refractivity contribution is 5.71. The normalized spacial score (nSPS) is 13.4. The summed E-state index contributed by atoms with van der Waals surface area (Å²) in [6.45, 7) is 4.76. The number of carbonyl (C=O) groups is 1. The number of ether oxygens (including phenoxy) is 1. The summed E-state index contributed by atoms with van der Waals surface area (Å²) in [6.07, 6.45) is 3.39. The summed E-state index contributed by atoms with van der Waals surface area (Å²) in [6, 6.07) is 15.8. The SMILES string of the molecule is CCCCCCCCOc1cc(C(CCC)CCC(C(=O)O)C(F)(F)F)ccc1-c1ccccc1. The molecule has 2 rings (SSSR count). The zero-order valence-corrected chi connectivity index (χ0v) is 20.9. The van der Waals surface area contributed by atoms with Crippen molar-refractivity contribution < 1.29 is 27.8 Å². The predicted octanol–water partition coefficient (Wildman–Crippen LogP) is 9.02. The van der Waals surface area contributed by atoms with Crippen LogP contribution in [0.2, 0.25) is 0 Å². The highest BCUT2D eigenvalue weighted by Crippen LogP contribution is 2.38. The number of unbranched alkanes of at least 4 members (excludes halogenated alkanes) is 5. The van der Waals surface area contributed by atoms with Crippen molar-refractivity contribution in [3.8, 4) is 16.9 Å². The number of aliphatic carboxylic acids is 1. The van der Waals surface area contributed by atoms with Gasteiger partial charge < -0.3 is 9.84 Å². The minimum atomic E-state index is -4.74. The van der Waals surface area contributed by atoms with Crippen LogP contribution in [0.1, 0.15) is 89.5 Å². The third-order valence-corrected chi connectivity index (χ3v) is 6.45. The number of carboxylic acids is 1. The number of carboxylic acid groups (broad SMARTS) is 1. The van der Waals surface area contributed by atoms with Crippen molar-refractivity contribution in [3.05, 3.63) is 54.1 Å². The average Bonchev–Trinajstić information content (AvgIpc) is 2.82. The summed E-state index contributed by atoms with van der Waals surface area (Å²) >= 11 is 0. The lowest BCUT2D eigenvalue weighted by atomic mass is 9.86. The highest BCUT2D eigenvalue weighted by Gasteiger charge is 2.44. The van der Waals surface area contributed by atoms with Crippen LogP contribution in [0.5, 0.6) is 5.75 Å². The van der Waals surface area contributed by atoms with E-state index in [0.29, 0.717) is 13.0 Å². The molecule has 2 aromatic carbocycles. The van der Waals surface area contributed by atoms with E-state index in [1.54, 1.807) is 0 Å². The monoisotopic (exact) mass is 492 g/mol. The van der Waals surface area contributed by atoms with Gasteiger partial charge in [-0.3, -0.25) is 4.79 Å². The molecule has 0 saturated heterocycles. The van der Waals surface area contributed by atoms with Crippen molar-refractivity contribution in [1.29, 1.82) is 0 Å². The van der Waals surface area contributed by atoms with E-state index in [0.717, 1.165) is 41.7 Å². The van der Waals surface area contributed by atoms with Crippen molar-refractivity contribution in [2.45, 2.75) is 90.1 Å². The molecule has 0 aliphatic carbocycles. The van der Waals surface area contributed by atoms with Gasteiger partial charge in [0.2, 0.25) is 0 Å². The van der Waals surface area contributed by atoms with E-state index < -0.39 is 24.5 Å². The van der Waals surface area contributed by atoms with Crippen molar-refractivity contribution in [1.82, 2.24) is 0 Å². The standard InChI is InChI=1S/C29H39F3O3/c1-3-5-6-7-8-12-20-35-27-21-24(16-18-25(27)23-14-10-9-11-15-23)22(13-4-2)17-19-26(28(33)34)29(30,31)32/h9-11,14-16,18,21-22,26H,3-8,12-13,17,19-20H2,1-2H3,(H,33,34). The van der Waals surface area contributed by atoms with Gasteiger partial charge in [-0.2, -0.15) is 13.2 Å². The fourth-order valence-corrected chi connectivity index (χ4v) is 4.45. The van der Waals surface area contributed by atoms with Crippen LogP contribution < -0.4 is 4.74 Å². The summed E-state index contributed by atoms with van der Waals surface area (Å²) in [5, 5.41) is 9.08. The molecule has 3 nitrogen and oxygen atoms in total. The first-order valence-electron chi connectivity index (χ1n) is 12.9. The summed E-state index contributed by atoms with van der Waals surface area (Å²) in [5.41, 5.74) is 2.87. The molecule has 6 heteroatoms. The van der Waals surface area contributed by atoms with E-state index in [-0.39, 0.29) is 12.3 Å². The maximum absolute atomic E-state index is 13.2. The molecule has 1 N–H and O–H groups in total. The second kappa shape index (κ2) is 14.8. The molecule has 0 heterocycles. The Morgan fingerprint density at radius 2 is 1.57 bits per heavy atom. The molecule has 0 aromatic heterocycles. The van der Waals surface area contributed by atoms with Crippen LogP contribution in [0, 0.1) is 5.92 Å². The number of rotatable bonds is 16. The summed E-state index contributed by atoms with van der Waals surface area (Å²) in [5.74, 6) is -3.58. The van der Waals surface area contributed by atoms with Gasteiger partial charge in [-0.15, -0.1) is 0 Å². The first-order chi connectivity index (χ1) is 16.8. The molecular weight excluding hydrogens is 453 g/mol. The van der Waals surface area contributed by atoms with Gasteiger partial charge in [-0.1, -0.05) is 94.8 Å². The van der Waals surface area contributed by atoms with Gasteiger partial charge in [0, 0.05) is 5.56 Å². The lowest BCUT2D eigenvalue weighted by Crippen LogP contribution is -2.30. The van der Waals surface area contributed by atoms with Crippen LogP contribution in [0.25, 0.3) is 11.1 Å². The summed E-state index contributed by atoms with van der Waals surface area (Å²) in [4.78, 5) is 11.2.